The number of ketones is 1. The highest BCUT2D eigenvalue weighted by molar-refractivity contribution is 7.12. The van der Waals surface area contributed by atoms with Gasteiger partial charge in [-0.1, -0.05) is 17.7 Å². The minimum Gasteiger partial charge on any atom is -0.399 e. The molecule has 1 aromatic heterocycles. The number of thiophene rings is 1. The van der Waals surface area contributed by atoms with Gasteiger partial charge in [0.25, 0.3) is 0 Å². The lowest BCUT2D eigenvalue weighted by Gasteiger charge is -2.01. The third-order valence-electron chi connectivity index (χ3n) is 1.93. The minimum absolute atomic E-state index is 0.0424. The third-order valence-corrected chi connectivity index (χ3v) is 3.01. The summed E-state index contributed by atoms with van der Waals surface area (Å²) < 4.78 is 0. The van der Waals surface area contributed by atoms with E-state index >= 15 is 0 Å². The predicted octanol–water partition coefficient (Wildman–Crippen LogP) is 3.21. The molecular weight excluding hydrogens is 230 g/mol. The Morgan fingerprint density at radius 1 is 1.33 bits per heavy atom. The van der Waals surface area contributed by atoms with Crippen molar-refractivity contribution >= 4 is 34.4 Å². The van der Waals surface area contributed by atoms with Crippen molar-refractivity contribution in [1.29, 1.82) is 0 Å². The van der Waals surface area contributed by atoms with Crippen molar-refractivity contribution in [3.8, 4) is 0 Å². The number of anilines is 1. The molecule has 15 heavy (non-hydrogen) atoms. The van der Waals surface area contributed by atoms with Gasteiger partial charge in [-0.25, -0.2) is 0 Å². The molecule has 0 fully saturated rings. The highest BCUT2D eigenvalue weighted by atomic mass is 35.5. The predicted molar refractivity (Wildman–Crippen MR) is 63.6 cm³/mol. The normalized spacial score (nSPS) is 10.2. The van der Waals surface area contributed by atoms with Crippen LogP contribution in [0, 0.1) is 0 Å². The van der Waals surface area contributed by atoms with E-state index in [1.165, 1.54) is 11.3 Å². The van der Waals surface area contributed by atoms with Crippen LogP contribution in [-0.2, 0) is 0 Å². The number of benzene rings is 1. The maximum Gasteiger partial charge on any atom is 0.203 e. The first-order valence-corrected chi connectivity index (χ1v) is 5.57. The van der Waals surface area contributed by atoms with E-state index in [1.807, 2.05) is 11.4 Å². The van der Waals surface area contributed by atoms with Crippen molar-refractivity contribution in [2.45, 2.75) is 0 Å². The lowest BCUT2D eigenvalue weighted by molar-refractivity contribution is 0.104. The van der Waals surface area contributed by atoms with E-state index in [0.29, 0.717) is 21.2 Å². The molecule has 0 aliphatic carbocycles. The number of rotatable bonds is 2. The molecule has 0 spiro atoms. The highest BCUT2D eigenvalue weighted by Gasteiger charge is 2.10. The van der Waals surface area contributed by atoms with Crippen LogP contribution >= 0.6 is 22.9 Å². The number of carbonyl (C=O) groups is 1. The summed E-state index contributed by atoms with van der Waals surface area (Å²) in [7, 11) is 0. The number of nitrogens with two attached hydrogens (primary N) is 1. The van der Waals surface area contributed by atoms with Crippen molar-refractivity contribution in [3.05, 3.63) is 51.2 Å². The molecule has 0 saturated heterocycles. The minimum atomic E-state index is -0.0424. The zero-order valence-electron chi connectivity index (χ0n) is 7.74. The largest absolute Gasteiger partial charge is 0.399 e. The van der Waals surface area contributed by atoms with E-state index in [1.54, 1.807) is 24.3 Å². The number of halogens is 1. The first kappa shape index (κ1) is 10.2. The third kappa shape index (κ3) is 2.19. The Hall–Kier alpha value is -1.32. The van der Waals surface area contributed by atoms with Crippen LogP contribution in [0.25, 0.3) is 0 Å². The van der Waals surface area contributed by atoms with Crippen LogP contribution in [0.5, 0.6) is 0 Å². The van der Waals surface area contributed by atoms with Crippen molar-refractivity contribution in [1.82, 2.24) is 0 Å². The maximum atomic E-state index is 11.9. The number of carbonyl (C=O) groups excluding carboxylic acids is 1. The number of nitrogen functional groups attached to an aromatic ring is 1. The first-order chi connectivity index (χ1) is 7.16. The average molecular weight is 238 g/mol. The molecule has 0 radical (unpaired) electrons. The van der Waals surface area contributed by atoms with Gasteiger partial charge in [-0.05, 0) is 29.6 Å². The standard InChI is InChI=1S/C11H8ClNOS/c12-8-4-7(5-9(13)6-8)11(14)10-2-1-3-15-10/h1-6H,13H2. The summed E-state index contributed by atoms with van der Waals surface area (Å²) in [5, 5.41) is 2.34. The van der Waals surface area contributed by atoms with Gasteiger partial charge in [0.2, 0.25) is 5.78 Å². The summed E-state index contributed by atoms with van der Waals surface area (Å²) in [5.74, 6) is -0.0424. The van der Waals surface area contributed by atoms with Crippen molar-refractivity contribution < 1.29 is 4.79 Å². The van der Waals surface area contributed by atoms with Gasteiger partial charge in [0, 0.05) is 16.3 Å². The van der Waals surface area contributed by atoms with E-state index in [-0.39, 0.29) is 5.78 Å². The van der Waals surface area contributed by atoms with E-state index < -0.39 is 0 Å². The Morgan fingerprint density at radius 3 is 2.73 bits per heavy atom. The molecule has 0 bridgehead atoms. The first-order valence-electron chi connectivity index (χ1n) is 4.31. The molecule has 76 valence electrons. The van der Waals surface area contributed by atoms with Crippen LogP contribution in [0.2, 0.25) is 5.02 Å². The van der Waals surface area contributed by atoms with Crippen molar-refractivity contribution in [2.75, 3.05) is 5.73 Å². The van der Waals surface area contributed by atoms with E-state index in [0.717, 1.165) is 0 Å². The van der Waals surface area contributed by atoms with Crippen molar-refractivity contribution in [2.24, 2.45) is 0 Å². The summed E-state index contributed by atoms with van der Waals surface area (Å²) in [5.41, 5.74) is 6.65. The Balaban J connectivity index is 2.42. The van der Waals surface area contributed by atoms with Gasteiger partial charge in [-0.15, -0.1) is 11.3 Å². The molecule has 0 aliphatic rings. The van der Waals surface area contributed by atoms with Crippen LogP contribution < -0.4 is 5.73 Å². The van der Waals surface area contributed by atoms with E-state index in [2.05, 4.69) is 0 Å². The Morgan fingerprint density at radius 2 is 2.13 bits per heavy atom. The van der Waals surface area contributed by atoms with Crippen LogP contribution in [0.3, 0.4) is 0 Å². The van der Waals surface area contributed by atoms with Gasteiger partial charge in [-0.3, -0.25) is 4.79 Å². The summed E-state index contributed by atoms with van der Waals surface area (Å²) in [6.07, 6.45) is 0. The lowest BCUT2D eigenvalue weighted by atomic mass is 10.1. The lowest BCUT2D eigenvalue weighted by Crippen LogP contribution is -1.99. The molecule has 4 heteroatoms. The zero-order chi connectivity index (χ0) is 10.8. The summed E-state index contributed by atoms with van der Waals surface area (Å²) in [4.78, 5) is 12.6. The molecule has 2 rings (SSSR count). The molecule has 0 unspecified atom stereocenters. The van der Waals surface area contributed by atoms with Crippen LogP contribution in [0.4, 0.5) is 5.69 Å². The monoisotopic (exact) mass is 237 g/mol. The highest BCUT2D eigenvalue weighted by Crippen LogP contribution is 2.21. The molecule has 0 amide bonds. The summed E-state index contributed by atoms with van der Waals surface area (Å²) in [6.45, 7) is 0. The second-order valence-electron chi connectivity index (χ2n) is 3.08. The molecule has 2 aromatic rings. The second-order valence-corrected chi connectivity index (χ2v) is 4.46. The molecule has 2 N–H and O–H groups in total. The molecular formula is C11H8ClNOS. The van der Waals surface area contributed by atoms with Gasteiger partial charge in [0.05, 0.1) is 4.88 Å². The molecule has 1 aromatic carbocycles. The SMILES string of the molecule is Nc1cc(Cl)cc(C(=O)c2cccs2)c1. The fourth-order valence-electron chi connectivity index (χ4n) is 1.29. The van der Waals surface area contributed by atoms with E-state index in [4.69, 9.17) is 17.3 Å². The molecule has 0 aliphatic heterocycles. The van der Waals surface area contributed by atoms with E-state index in [9.17, 15) is 4.79 Å². The number of hydrogen-bond acceptors (Lipinski definition) is 3. The molecule has 0 atom stereocenters. The zero-order valence-corrected chi connectivity index (χ0v) is 9.31. The fourth-order valence-corrected chi connectivity index (χ4v) is 2.22. The molecule has 1 heterocycles. The quantitative estimate of drug-likeness (QED) is 0.644. The topological polar surface area (TPSA) is 43.1 Å². The van der Waals surface area contributed by atoms with Crippen LogP contribution in [-0.4, -0.2) is 5.78 Å². The van der Waals surface area contributed by atoms with Gasteiger partial charge < -0.3 is 5.73 Å². The summed E-state index contributed by atoms with van der Waals surface area (Å²) in [6, 6.07) is 8.50. The average Bonchev–Trinajstić information content (AvgIpc) is 2.67. The number of hydrogen-bond donors (Lipinski definition) is 1. The molecule has 0 saturated carbocycles. The van der Waals surface area contributed by atoms with Gasteiger partial charge in [0.15, 0.2) is 0 Å². The van der Waals surface area contributed by atoms with Crippen LogP contribution in [0.15, 0.2) is 35.7 Å². The van der Waals surface area contributed by atoms with Gasteiger partial charge in [-0.2, -0.15) is 0 Å². The smallest absolute Gasteiger partial charge is 0.203 e. The maximum absolute atomic E-state index is 11.9. The van der Waals surface area contributed by atoms with Crippen LogP contribution in [0.1, 0.15) is 15.2 Å². The molecule has 2 nitrogen and oxygen atoms in total. The fraction of sp³-hybridized carbons (Fsp3) is 0. The summed E-state index contributed by atoms with van der Waals surface area (Å²) >= 11 is 7.23. The Labute approximate surface area is 96.3 Å². The Bertz CT molecular complexity index is 473. The van der Waals surface area contributed by atoms with Gasteiger partial charge in [0.1, 0.15) is 0 Å². The van der Waals surface area contributed by atoms with Crippen molar-refractivity contribution in [3.63, 3.8) is 0 Å². The Kier molecular flexibility index (Phi) is 2.75. The second kappa shape index (κ2) is 4.04. The van der Waals surface area contributed by atoms with Gasteiger partial charge >= 0.3 is 0 Å².